The molecule has 0 saturated carbocycles. The lowest BCUT2D eigenvalue weighted by Crippen LogP contribution is -3.13. The van der Waals surface area contributed by atoms with Crippen molar-refractivity contribution in [2.24, 2.45) is 0 Å². The molecule has 0 atom stereocenters. The van der Waals surface area contributed by atoms with Crippen LogP contribution in [0.5, 0.6) is 0 Å². The van der Waals surface area contributed by atoms with Gasteiger partial charge in [-0.15, -0.1) is 30.7 Å². The van der Waals surface area contributed by atoms with Gasteiger partial charge in [0.15, 0.2) is 0 Å². The van der Waals surface area contributed by atoms with Crippen molar-refractivity contribution < 1.29 is 101 Å². The van der Waals surface area contributed by atoms with Gasteiger partial charge in [0, 0.05) is 156 Å². The number of nitrogens with zero attached hydrogens (tertiary/aromatic N) is 15. The topological polar surface area (TPSA) is 524 Å². The van der Waals surface area contributed by atoms with E-state index in [0.29, 0.717) is 57.8 Å². The van der Waals surface area contributed by atoms with Crippen molar-refractivity contribution in [3.8, 4) is 54.6 Å². The SMILES string of the molecule is N#CCCN1CCN(CCC#N)CC[NH+](CCC#N)CC1.N#CCCN1CCN(CCC#N)CC[NH+](CCC#N)CC1.N#CCCN1CCN(CCC#N)CC[NH+](CCC#N)CC1.[O-][Cl+3]([O-])([O-])[O-].[O-][Cl+3]([O-])([O-])[O-].[O-][Cl+3]([O-])([O-])[O-]. The molecule has 0 amide bonds. The van der Waals surface area contributed by atoms with E-state index in [-0.39, 0.29) is 0 Å². The van der Waals surface area contributed by atoms with Gasteiger partial charge in [-0.2, -0.15) is 47.4 Å². The fourth-order valence-corrected chi connectivity index (χ4v) is 7.83. The highest BCUT2D eigenvalue weighted by Crippen LogP contribution is 2.00. The third kappa shape index (κ3) is 60.7. The van der Waals surface area contributed by atoms with Crippen LogP contribution in [0.2, 0.25) is 0 Å². The Morgan fingerprint density at radius 2 is 0.372 bits per heavy atom. The quantitative estimate of drug-likeness (QED) is 0.115. The van der Waals surface area contributed by atoms with E-state index in [4.69, 9.17) is 103 Å². The van der Waals surface area contributed by atoms with Crippen molar-refractivity contribution in [2.75, 3.05) is 177 Å². The first-order valence-corrected chi connectivity index (χ1v) is 28.6. The molecule has 3 heterocycles. The lowest BCUT2D eigenvalue weighted by atomic mass is 10.3. The summed E-state index contributed by atoms with van der Waals surface area (Å²) in [5, 5.41) is 78.8. The van der Waals surface area contributed by atoms with Crippen molar-refractivity contribution in [1.82, 2.24) is 29.4 Å². The average molecular weight is 1170 g/mol. The van der Waals surface area contributed by atoms with E-state index in [0.717, 1.165) is 177 Å². The number of hydrogen-bond donors (Lipinski definition) is 3. The van der Waals surface area contributed by atoms with Gasteiger partial charge >= 0.3 is 0 Å². The summed E-state index contributed by atoms with van der Waals surface area (Å²) in [4.78, 5) is 18.3. The van der Waals surface area contributed by atoms with Gasteiger partial charge in [0.25, 0.3) is 0 Å². The van der Waals surface area contributed by atoms with E-state index in [9.17, 15) is 0 Å². The smallest absolute Gasteiger partial charge is 0.0903 e. The number of nitrogens with one attached hydrogen (secondary N) is 3. The van der Waals surface area contributed by atoms with Crippen LogP contribution in [0.1, 0.15) is 57.8 Å². The third-order valence-electron chi connectivity index (χ3n) is 11.9. The van der Waals surface area contributed by atoms with Crippen LogP contribution in [0.3, 0.4) is 0 Å². The van der Waals surface area contributed by atoms with E-state index in [2.05, 4.69) is 84.0 Å². The normalized spacial score (nSPS) is 17.4. The molecule has 0 aliphatic carbocycles. The van der Waals surface area contributed by atoms with Gasteiger partial charge in [-0.1, -0.05) is 0 Å². The molecule has 3 saturated heterocycles. The molecule has 0 radical (unpaired) electrons. The van der Waals surface area contributed by atoms with Crippen LogP contribution < -0.4 is 70.6 Å². The number of nitriles is 9. The molecule has 0 aromatic carbocycles. The fourth-order valence-electron chi connectivity index (χ4n) is 7.83. The lowest BCUT2D eigenvalue weighted by Gasteiger charge is -2.23. The summed E-state index contributed by atoms with van der Waals surface area (Å²) in [7, 11) is -14.8. The minimum absolute atomic E-state index is 0.561. The highest BCUT2D eigenvalue weighted by Gasteiger charge is 2.21. The number of hydrogen-bond acceptors (Lipinski definition) is 27. The molecule has 0 spiro atoms. The second-order valence-electron chi connectivity index (χ2n) is 17.4. The van der Waals surface area contributed by atoms with E-state index in [1.165, 1.54) is 14.7 Å². The molecular weight excluding hydrogens is 1090 g/mol. The highest BCUT2D eigenvalue weighted by molar-refractivity contribution is 4.79. The van der Waals surface area contributed by atoms with Gasteiger partial charge in [0.05, 0.1) is 133 Å². The van der Waals surface area contributed by atoms with Crippen LogP contribution in [-0.4, -0.2) is 206 Å². The Balaban J connectivity index is -0.000000952. The Bertz CT molecular complexity index is 1460. The van der Waals surface area contributed by atoms with Crippen molar-refractivity contribution in [2.45, 2.75) is 57.8 Å². The van der Waals surface area contributed by atoms with E-state index in [1.807, 2.05) is 0 Å². The zero-order chi connectivity index (χ0) is 59.5. The van der Waals surface area contributed by atoms with Crippen LogP contribution in [0.15, 0.2) is 0 Å². The van der Waals surface area contributed by atoms with Gasteiger partial charge in [-0.25, -0.2) is 55.9 Å². The Kier molecular flexibility index (Phi) is 50.4. The third-order valence-corrected chi connectivity index (χ3v) is 11.9. The molecule has 30 nitrogen and oxygen atoms in total. The molecule has 0 aromatic rings. The summed E-state index contributed by atoms with van der Waals surface area (Å²) in [6.07, 6.45) is 5.13. The minimum atomic E-state index is -4.94. The second kappa shape index (κ2) is 50.6. The summed E-state index contributed by atoms with van der Waals surface area (Å²) in [6, 6.07) is 19.9. The van der Waals surface area contributed by atoms with Crippen LogP contribution in [0, 0.1) is 133 Å². The summed E-state index contributed by atoms with van der Waals surface area (Å²) >= 11 is 0. The van der Waals surface area contributed by atoms with Crippen LogP contribution >= 0.6 is 0 Å². The Labute approximate surface area is 465 Å². The maximum Gasteiger partial charge on any atom is 0.0903 e. The first kappa shape index (κ1) is 77.7. The number of rotatable bonds is 18. The van der Waals surface area contributed by atoms with Crippen molar-refractivity contribution in [1.29, 1.82) is 47.4 Å². The summed E-state index contributed by atoms with van der Waals surface area (Å²) in [5.74, 6) is 0. The number of halogens is 3. The largest absolute Gasteiger partial charge is 0.332 e. The first-order chi connectivity index (χ1) is 36.9. The summed E-state index contributed by atoms with van der Waals surface area (Å²) < 4.78 is 102. The maximum absolute atomic E-state index is 8.76. The van der Waals surface area contributed by atoms with E-state index >= 15 is 0 Å². The molecule has 33 heteroatoms. The highest BCUT2D eigenvalue weighted by atomic mass is 35.7. The lowest BCUT2D eigenvalue weighted by molar-refractivity contribution is -2.00. The van der Waals surface area contributed by atoms with Gasteiger partial charge in [0.2, 0.25) is 0 Å². The molecule has 3 fully saturated rings. The van der Waals surface area contributed by atoms with Crippen LogP contribution in [0.4, 0.5) is 0 Å². The zero-order valence-corrected chi connectivity index (χ0v) is 46.5. The van der Waals surface area contributed by atoms with Gasteiger partial charge < -0.3 is 14.7 Å². The zero-order valence-electron chi connectivity index (χ0n) is 44.2. The van der Waals surface area contributed by atoms with Crippen LogP contribution in [-0.2, 0) is 0 Å². The Morgan fingerprint density at radius 1 is 0.244 bits per heavy atom. The summed E-state index contributed by atoms with van der Waals surface area (Å²) in [6.45, 7) is 25.3. The minimum Gasteiger partial charge on any atom is -0.332 e. The maximum atomic E-state index is 8.76. The van der Waals surface area contributed by atoms with E-state index in [1.54, 1.807) is 0 Å². The Hall–Kier alpha value is -4.56. The molecule has 3 aliphatic heterocycles. The molecule has 438 valence electrons. The predicted octanol–water partition coefficient (Wildman–Crippen LogP) is -16.6. The number of quaternary nitrogens is 3. The molecule has 0 bridgehead atoms. The molecule has 3 aliphatic rings. The van der Waals surface area contributed by atoms with E-state index < -0.39 is 30.7 Å². The fraction of sp³-hybridized carbons (Fsp3) is 0.800. The van der Waals surface area contributed by atoms with Crippen molar-refractivity contribution >= 4 is 0 Å². The average Bonchev–Trinajstić information content (AvgIpc) is 3.58. The standard InChI is InChI=1S/3C15H24N6.3ClHO4/c3*16-4-1-7-19-10-12-20(8-2-5-17)14-15-21(13-11-19)9-3-6-18;3*2-1(3,4)5/h3*1-3,7-15H2;3*(H,2,3,4,5). The molecule has 0 unspecified atom stereocenters. The monoisotopic (exact) mass is 1160 g/mol. The van der Waals surface area contributed by atoms with Crippen LogP contribution in [0.25, 0.3) is 0 Å². The van der Waals surface area contributed by atoms with Crippen molar-refractivity contribution in [3.05, 3.63) is 0 Å². The Morgan fingerprint density at radius 3 is 0.487 bits per heavy atom. The van der Waals surface area contributed by atoms with Crippen molar-refractivity contribution in [3.63, 3.8) is 0 Å². The molecule has 3 rings (SSSR count). The second-order valence-corrected chi connectivity index (χ2v) is 19.6. The molecular formula is C45H75Cl3N18O12. The van der Waals surface area contributed by atoms with Gasteiger partial charge in [-0.05, 0) is 0 Å². The van der Waals surface area contributed by atoms with Gasteiger partial charge in [0.1, 0.15) is 0 Å². The predicted molar refractivity (Wildman–Crippen MR) is 237 cm³/mol. The molecule has 3 N–H and O–H groups in total. The molecule has 0 aromatic heterocycles. The first-order valence-electron chi connectivity index (χ1n) is 24.9. The molecule has 78 heavy (non-hydrogen) atoms. The summed E-state index contributed by atoms with van der Waals surface area (Å²) in [5.41, 5.74) is 0. The van der Waals surface area contributed by atoms with Gasteiger partial charge in [-0.3, -0.25) is 29.4 Å².